The van der Waals surface area contributed by atoms with E-state index in [9.17, 15) is 0 Å². The molecule has 0 aliphatic heterocycles. The number of hydrogen-bond donors (Lipinski definition) is 1. The van der Waals surface area contributed by atoms with E-state index in [1.54, 1.807) is 0 Å². The van der Waals surface area contributed by atoms with Crippen molar-refractivity contribution < 1.29 is 4.74 Å². The molecule has 1 atom stereocenters. The molecule has 1 N–H and O–H groups in total. The third-order valence-corrected chi connectivity index (χ3v) is 4.28. The Balaban J connectivity index is 1.96. The van der Waals surface area contributed by atoms with Crippen LogP contribution in [0.1, 0.15) is 46.0 Å². The summed E-state index contributed by atoms with van der Waals surface area (Å²) in [6, 6.07) is 6.47. The number of anilines is 1. The maximum atomic E-state index is 6.21. The third kappa shape index (κ3) is 4.04. The zero-order chi connectivity index (χ0) is 13.7. The van der Waals surface area contributed by atoms with Crippen molar-refractivity contribution >= 4 is 17.3 Å². The molecule has 2 nitrogen and oxygen atoms in total. The summed E-state index contributed by atoms with van der Waals surface area (Å²) in [5.74, 6) is 1.55. The van der Waals surface area contributed by atoms with Crippen molar-refractivity contribution in [3.8, 4) is 5.75 Å². The van der Waals surface area contributed by atoms with Crippen LogP contribution in [0, 0.1) is 5.92 Å². The molecule has 1 saturated carbocycles. The van der Waals surface area contributed by atoms with E-state index < -0.39 is 0 Å². The molecular formula is C16H24ClNO. The first-order valence-electron chi connectivity index (χ1n) is 7.39. The summed E-state index contributed by atoms with van der Waals surface area (Å²) in [6.07, 6.45) is 6.84. The van der Waals surface area contributed by atoms with E-state index >= 15 is 0 Å². The lowest BCUT2D eigenvalue weighted by atomic mass is 9.84. The summed E-state index contributed by atoms with van der Waals surface area (Å²) in [4.78, 5) is 0. The lowest BCUT2D eigenvalue weighted by Crippen LogP contribution is -2.27. The highest BCUT2D eigenvalue weighted by atomic mass is 35.5. The molecular weight excluding hydrogens is 258 g/mol. The number of nitrogens with one attached hydrogen (secondary N) is 1. The van der Waals surface area contributed by atoms with Gasteiger partial charge in [0.15, 0.2) is 0 Å². The first-order chi connectivity index (χ1) is 9.20. The molecule has 0 spiro atoms. The Morgan fingerprint density at radius 3 is 2.68 bits per heavy atom. The fraction of sp³-hybridized carbons (Fsp3) is 0.625. The average Bonchev–Trinajstić information content (AvgIpc) is 2.43. The minimum atomic E-state index is 0.509. The van der Waals surface area contributed by atoms with Crippen molar-refractivity contribution in [2.24, 2.45) is 5.92 Å². The Bertz CT molecular complexity index is 402. The molecule has 1 aromatic rings. The average molecular weight is 282 g/mol. The molecule has 0 heterocycles. The minimum absolute atomic E-state index is 0.509. The van der Waals surface area contributed by atoms with Crippen LogP contribution in [-0.4, -0.2) is 12.6 Å². The highest BCUT2D eigenvalue weighted by Gasteiger charge is 2.19. The summed E-state index contributed by atoms with van der Waals surface area (Å²) < 4.78 is 5.45. The van der Waals surface area contributed by atoms with Crippen molar-refractivity contribution in [3.05, 3.63) is 23.2 Å². The van der Waals surface area contributed by atoms with Crippen LogP contribution in [0.5, 0.6) is 5.75 Å². The zero-order valence-corrected chi connectivity index (χ0v) is 12.7. The maximum Gasteiger partial charge on any atom is 0.138 e. The van der Waals surface area contributed by atoms with E-state index in [2.05, 4.69) is 18.3 Å². The van der Waals surface area contributed by atoms with E-state index in [-0.39, 0.29) is 0 Å². The number of rotatable bonds is 5. The van der Waals surface area contributed by atoms with Gasteiger partial charge in [0.25, 0.3) is 0 Å². The summed E-state index contributed by atoms with van der Waals surface area (Å²) in [5, 5.41) is 4.26. The molecule has 3 heteroatoms. The molecule has 1 fully saturated rings. The number of hydrogen-bond acceptors (Lipinski definition) is 2. The molecule has 0 bridgehead atoms. The highest BCUT2D eigenvalue weighted by molar-refractivity contribution is 6.32. The minimum Gasteiger partial charge on any atom is -0.492 e. The van der Waals surface area contributed by atoms with Crippen molar-refractivity contribution in [1.82, 2.24) is 0 Å². The molecule has 0 amide bonds. The molecule has 106 valence electrons. The predicted octanol–water partition coefficient (Wildman–Crippen LogP) is 5.12. The Hall–Kier alpha value is -0.890. The van der Waals surface area contributed by atoms with Crippen LogP contribution in [0.3, 0.4) is 0 Å². The molecule has 0 saturated heterocycles. The Labute approximate surface area is 121 Å². The van der Waals surface area contributed by atoms with Crippen molar-refractivity contribution in [2.45, 2.75) is 52.0 Å². The lowest BCUT2D eigenvalue weighted by molar-refractivity contribution is 0.328. The van der Waals surface area contributed by atoms with Gasteiger partial charge in [-0.3, -0.25) is 0 Å². The van der Waals surface area contributed by atoms with Crippen LogP contribution in [0.4, 0.5) is 5.69 Å². The van der Waals surface area contributed by atoms with E-state index in [1.165, 1.54) is 32.1 Å². The van der Waals surface area contributed by atoms with Crippen LogP contribution in [-0.2, 0) is 0 Å². The van der Waals surface area contributed by atoms with Gasteiger partial charge in [0, 0.05) is 11.7 Å². The monoisotopic (exact) mass is 281 g/mol. The number of halogens is 1. The molecule has 1 aliphatic carbocycles. The lowest BCUT2D eigenvalue weighted by Gasteiger charge is -2.29. The summed E-state index contributed by atoms with van der Waals surface area (Å²) in [7, 11) is 0. The molecule has 0 radical (unpaired) electrons. The first-order valence-corrected chi connectivity index (χ1v) is 7.77. The van der Waals surface area contributed by atoms with E-state index in [4.69, 9.17) is 16.3 Å². The fourth-order valence-corrected chi connectivity index (χ4v) is 3.11. The second kappa shape index (κ2) is 7.04. The largest absolute Gasteiger partial charge is 0.492 e. The Kier molecular flexibility index (Phi) is 5.38. The molecule has 1 aromatic carbocycles. The van der Waals surface area contributed by atoms with Crippen LogP contribution in [0.15, 0.2) is 18.2 Å². The SMILES string of the molecule is CCOc1ccc(NC(C)C2CCCCC2)cc1Cl. The quantitative estimate of drug-likeness (QED) is 0.809. The summed E-state index contributed by atoms with van der Waals surface area (Å²) in [5.41, 5.74) is 1.09. The zero-order valence-electron chi connectivity index (χ0n) is 11.9. The topological polar surface area (TPSA) is 21.3 Å². The number of benzene rings is 1. The van der Waals surface area contributed by atoms with Crippen LogP contribution in [0.2, 0.25) is 5.02 Å². The van der Waals surface area contributed by atoms with Crippen LogP contribution >= 0.6 is 11.6 Å². The van der Waals surface area contributed by atoms with Gasteiger partial charge in [-0.1, -0.05) is 30.9 Å². The molecule has 2 rings (SSSR count). The molecule has 0 aromatic heterocycles. The predicted molar refractivity (Wildman–Crippen MR) is 82.3 cm³/mol. The maximum absolute atomic E-state index is 6.21. The van der Waals surface area contributed by atoms with Gasteiger partial charge < -0.3 is 10.1 Å². The van der Waals surface area contributed by atoms with E-state index in [1.807, 2.05) is 19.1 Å². The smallest absolute Gasteiger partial charge is 0.138 e. The van der Waals surface area contributed by atoms with Crippen molar-refractivity contribution in [2.75, 3.05) is 11.9 Å². The fourth-order valence-electron chi connectivity index (χ4n) is 2.88. The van der Waals surface area contributed by atoms with Crippen molar-refractivity contribution in [1.29, 1.82) is 0 Å². The standard InChI is InChI=1S/C16H24ClNO/c1-3-19-16-10-9-14(11-15(16)17)18-12(2)13-7-5-4-6-8-13/h9-13,18H,3-8H2,1-2H3. The van der Waals surface area contributed by atoms with Gasteiger partial charge in [-0.15, -0.1) is 0 Å². The molecule has 19 heavy (non-hydrogen) atoms. The van der Waals surface area contributed by atoms with Crippen molar-refractivity contribution in [3.63, 3.8) is 0 Å². The van der Waals surface area contributed by atoms with Crippen LogP contribution in [0.25, 0.3) is 0 Å². The second-order valence-corrected chi connectivity index (χ2v) is 5.82. The summed E-state index contributed by atoms with van der Waals surface area (Å²) >= 11 is 6.21. The van der Waals surface area contributed by atoms with E-state index in [0.717, 1.165) is 17.4 Å². The number of ether oxygens (including phenoxy) is 1. The van der Waals surface area contributed by atoms with Gasteiger partial charge in [-0.2, -0.15) is 0 Å². The van der Waals surface area contributed by atoms with Gasteiger partial charge in [-0.25, -0.2) is 0 Å². The van der Waals surface area contributed by atoms with Crippen LogP contribution < -0.4 is 10.1 Å². The van der Waals surface area contributed by atoms with Gasteiger partial charge >= 0.3 is 0 Å². The normalized spacial score (nSPS) is 18.1. The third-order valence-electron chi connectivity index (χ3n) is 3.98. The van der Waals surface area contributed by atoms with Gasteiger partial charge in [0.2, 0.25) is 0 Å². The van der Waals surface area contributed by atoms with E-state index in [0.29, 0.717) is 17.7 Å². The highest BCUT2D eigenvalue weighted by Crippen LogP contribution is 2.31. The Morgan fingerprint density at radius 2 is 2.05 bits per heavy atom. The molecule has 1 unspecified atom stereocenters. The van der Waals surface area contributed by atoms with Gasteiger partial charge in [0.1, 0.15) is 5.75 Å². The van der Waals surface area contributed by atoms with Gasteiger partial charge in [-0.05, 0) is 50.8 Å². The molecule has 1 aliphatic rings. The summed E-state index contributed by atoms with van der Waals surface area (Å²) in [6.45, 7) is 4.89. The first kappa shape index (κ1) is 14.5. The Morgan fingerprint density at radius 1 is 1.32 bits per heavy atom. The van der Waals surface area contributed by atoms with Gasteiger partial charge in [0.05, 0.1) is 11.6 Å². The second-order valence-electron chi connectivity index (χ2n) is 5.41.